The predicted molar refractivity (Wildman–Crippen MR) is 86.9 cm³/mol. The lowest BCUT2D eigenvalue weighted by Gasteiger charge is -2.09. The molecule has 0 radical (unpaired) electrons. The zero-order valence-electron chi connectivity index (χ0n) is 11.8. The summed E-state index contributed by atoms with van der Waals surface area (Å²) in [6.45, 7) is 3.37. The second kappa shape index (κ2) is 5.74. The molecular weight excluding hydrogens is 276 g/mol. The van der Waals surface area contributed by atoms with Crippen LogP contribution in [-0.4, -0.2) is 11.1 Å². The number of carbonyl (C=O) groups is 1. The normalized spacial score (nSPS) is 10.4. The number of hydrogen-bond donors (Lipinski definition) is 1. The second-order valence-electron chi connectivity index (χ2n) is 4.83. The van der Waals surface area contributed by atoms with E-state index in [0.717, 1.165) is 28.0 Å². The molecule has 0 aliphatic carbocycles. The molecule has 0 saturated carbocycles. The molecular formula is C19H14O3. The molecule has 0 atom stereocenters. The highest BCUT2D eigenvalue weighted by Gasteiger charge is 2.07. The molecule has 3 rings (SSSR count). The van der Waals surface area contributed by atoms with Crippen LogP contribution in [0.4, 0.5) is 0 Å². The van der Waals surface area contributed by atoms with E-state index >= 15 is 0 Å². The zero-order chi connectivity index (χ0) is 15.5. The monoisotopic (exact) mass is 290 g/mol. The van der Waals surface area contributed by atoms with Crippen LogP contribution in [0.3, 0.4) is 0 Å². The van der Waals surface area contributed by atoms with Crippen molar-refractivity contribution in [2.75, 3.05) is 0 Å². The molecule has 0 amide bonds. The number of rotatable bonds is 3. The first-order valence-electron chi connectivity index (χ1n) is 6.84. The minimum Gasteiger partial charge on any atom is -0.507 e. The van der Waals surface area contributed by atoms with Gasteiger partial charge in [-0.15, -0.1) is 0 Å². The highest BCUT2D eigenvalue weighted by molar-refractivity contribution is 6.00. The predicted octanol–water partition coefficient (Wildman–Crippen LogP) is 4.30. The Labute approximate surface area is 128 Å². The van der Waals surface area contributed by atoms with E-state index in [4.69, 9.17) is 4.74 Å². The van der Waals surface area contributed by atoms with Crippen LogP contribution in [0.15, 0.2) is 73.3 Å². The van der Waals surface area contributed by atoms with Crippen LogP contribution in [0.2, 0.25) is 0 Å². The molecule has 0 unspecified atom stereocenters. The van der Waals surface area contributed by atoms with E-state index in [1.165, 1.54) is 0 Å². The molecule has 3 nitrogen and oxygen atoms in total. The van der Waals surface area contributed by atoms with Crippen molar-refractivity contribution >= 4 is 16.7 Å². The minimum atomic E-state index is -0.483. The van der Waals surface area contributed by atoms with Crippen LogP contribution in [0.5, 0.6) is 11.5 Å². The Morgan fingerprint density at radius 1 is 0.955 bits per heavy atom. The lowest BCUT2D eigenvalue weighted by atomic mass is 9.98. The van der Waals surface area contributed by atoms with Crippen molar-refractivity contribution in [1.29, 1.82) is 0 Å². The van der Waals surface area contributed by atoms with E-state index in [0.29, 0.717) is 5.75 Å². The summed E-state index contributed by atoms with van der Waals surface area (Å²) in [5, 5.41) is 11.7. The summed E-state index contributed by atoms with van der Waals surface area (Å²) < 4.78 is 5.06. The van der Waals surface area contributed by atoms with Crippen LogP contribution in [0.25, 0.3) is 21.9 Å². The van der Waals surface area contributed by atoms with Gasteiger partial charge in [0.25, 0.3) is 0 Å². The third-order valence-corrected chi connectivity index (χ3v) is 3.45. The van der Waals surface area contributed by atoms with Crippen molar-refractivity contribution in [1.82, 2.24) is 0 Å². The molecule has 0 aliphatic heterocycles. The fourth-order valence-corrected chi connectivity index (χ4v) is 2.40. The smallest absolute Gasteiger partial charge is 0.335 e. The average molecular weight is 290 g/mol. The van der Waals surface area contributed by atoms with Gasteiger partial charge in [-0.25, -0.2) is 4.79 Å². The minimum absolute atomic E-state index is 0.260. The van der Waals surface area contributed by atoms with Gasteiger partial charge in [0.05, 0.1) is 0 Å². The van der Waals surface area contributed by atoms with Gasteiger partial charge in [0.2, 0.25) is 0 Å². The lowest BCUT2D eigenvalue weighted by molar-refractivity contribution is -0.128. The van der Waals surface area contributed by atoms with Gasteiger partial charge in [0, 0.05) is 11.5 Å². The Balaban J connectivity index is 2.03. The topological polar surface area (TPSA) is 46.5 Å². The summed E-state index contributed by atoms with van der Waals surface area (Å²) in [6.07, 6.45) is 1.13. The van der Waals surface area contributed by atoms with Crippen molar-refractivity contribution in [2.45, 2.75) is 0 Å². The molecule has 0 spiro atoms. The Kier molecular flexibility index (Phi) is 3.62. The number of phenols is 1. The Morgan fingerprint density at radius 2 is 1.64 bits per heavy atom. The first-order chi connectivity index (χ1) is 10.7. The zero-order valence-corrected chi connectivity index (χ0v) is 11.8. The largest absolute Gasteiger partial charge is 0.507 e. The molecule has 0 aromatic heterocycles. The quantitative estimate of drug-likeness (QED) is 0.444. The molecule has 3 heteroatoms. The summed E-state index contributed by atoms with van der Waals surface area (Å²) in [4.78, 5) is 11.2. The molecule has 0 aliphatic rings. The summed E-state index contributed by atoms with van der Waals surface area (Å²) in [5.41, 5.74) is 1.99. The first-order valence-corrected chi connectivity index (χ1v) is 6.84. The fourth-order valence-electron chi connectivity index (χ4n) is 2.40. The van der Waals surface area contributed by atoms with Gasteiger partial charge in [-0.3, -0.25) is 0 Å². The molecule has 3 aromatic rings. The van der Waals surface area contributed by atoms with Crippen molar-refractivity contribution in [3.63, 3.8) is 0 Å². The number of phenolic OH excluding ortho intramolecular Hbond substituents is 1. The van der Waals surface area contributed by atoms with E-state index in [2.05, 4.69) is 6.58 Å². The van der Waals surface area contributed by atoms with Crippen LogP contribution >= 0.6 is 0 Å². The SMILES string of the molecule is C=CC(=O)Oc1ccc(-c2ccc(O)c3ccccc23)cc1. The standard InChI is InChI=1S/C19H14O3/c1-2-19(21)22-14-9-7-13(8-10-14)15-11-12-18(20)17-6-4-3-5-16(15)17/h2-12,20H,1H2. The van der Waals surface area contributed by atoms with Gasteiger partial charge >= 0.3 is 5.97 Å². The van der Waals surface area contributed by atoms with Gasteiger partial charge in [0.15, 0.2) is 0 Å². The number of ether oxygens (including phenoxy) is 1. The first kappa shape index (κ1) is 13.9. The number of esters is 1. The van der Waals surface area contributed by atoms with Gasteiger partial charge < -0.3 is 9.84 Å². The van der Waals surface area contributed by atoms with Crippen LogP contribution < -0.4 is 4.74 Å². The molecule has 0 heterocycles. The number of benzene rings is 3. The van der Waals surface area contributed by atoms with E-state index in [1.807, 2.05) is 42.5 Å². The van der Waals surface area contributed by atoms with E-state index in [9.17, 15) is 9.90 Å². The van der Waals surface area contributed by atoms with Gasteiger partial charge in [-0.1, -0.05) is 49.0 Å². The van der Waals surface area contributed by atoms with Crippen molar-refractivity contribution in [2.24, 2.45) is 0 Å². The summed E-state index contributed by atoms with van der Waals surface area (Å²) in [5.74, 6) is 0.246. The van der Waals surface area contributed by atoms with Crippen molar-refractivity contribution in [3.05, 3.63) is 73.3 Å². The average Bonchev–Trinajstić information content (AvgIpc) is 2.56. The summed E-state index contributed by atoms with van der Waals surface area (Å²) in [7, 11) is 0. The Bertz CT molecular complexity index is 848. The van der Waals surface area contributed by atoms with E-state index < -0.39 is 5.97 Å². The molecule has 108 valence electrons. The molecule has 0 saturated heterocycles. The van der Waals surface area contributed by atoms with Crippen LogP contribution in [-0.2, 0) is 4.79 Å². The summed E-state index contributed by atoms with van der Waals surface area (Å²) >= 11 is 0. The highest BCUT2D eigenvalue weighted by atomic mass is 16.5. The van der Waals surface area contributed by atoms with E-state index in [1.54, 1.807) is 18.2 Å². The summed E-state index contributed by atoms with van der Waals surface area (Å²) in [6, 6.07) is 18.5. The number of carbonyl (C=O) groups excluding carboxylic acids is 1. The second-order valence-corrected chi connectivity index (χ2v) is 4.83. The van der Waals surface area contributed by atoms with E-state index in [-0.39, 0.29) is 5.75 Å². The highest BCUT2D eigenvalue weighted by Crippen LogP contribution is 2.34. The van der Waals surface area contributed by atoms with Crippen LogP contribution in [0.1, 0.15) is 0 Å². The molecule has 3 aromatic carbocycles. The maximum Gasteiger partial charge on any atom is 0.335 e. The van der Waals surface area contributed by atoms with Crippen LogP contribution in [0, 0.1) is 0 Å². The molecule has 22 heavy (non-hydrogen) atoms. The number of fused-ring (bicyclic) bond motifs is 1. The van der Waals surface area contributed by atoms with Gasteiger partial charge in [-0.05, 0) is 34.7 Å². The molecule has 1 N–H and O–H groups in total. The number of aromatic hydroxyl groups is 1. The Morgan fingerprint density at radius 3 is 2.32 bits per heavy atom. The van der Waals surface area contributed by atoms with Gasteiger partial charge in [-0.2, -0.15) is 0 Å². The van der Waals surface area contributed by atoms with Crippen molar-refractivity contribution in [3.8, 4) is 22.6 Å². The number of hydrogen-bond acceptors (Lipinski definition) is 3. The maximum absolute atomic E-state index is 11.2. The fraction of sp³-hybridized carbons (Fsp3) is 0. The lowest BCUT2D eigenvalue weighted by Crippen LogP contribution is -2.02. The van der Waals surface area contributed by atoms with Gasteiger partial charge in [0.1, 0.15) is 11.5 Å². The molecule has 0 fully saturated rings. The molecule has 0 bridgehead atoms. The Hall–Kier alpha value is -3.07. The third-order valence-electron chi connectivity index (χ3n) is 3.45. The third kappa shape index (κ3) is 2.56. The maximum atomic E-state index is 11.2. The van der Waals surface area contributed by atoms with Crippen molar-refractivity contribution < 1.29 is 14.6 Å².